The zero-order chi connectivity index (χ0) is 16.2. The molecule has 0 heterocycles. The molecule has 0 aliphatic heterocycles. The first-order chi connectivity index (χ1) is 9.73. The maximum atomic E-state index is 12.2. The van der Waals surface area contributed by atoms with Crippen molar-refractivity contribution in [1.82, 2.24) is 4.90 Å². The molecule has 0 atom stereocenters. The monoisotopic (exact) mass is 290 g/mol. The molecule has 114 valence electrons. The van der Waals surface area contributed by atoms with Crippen LogP contribution in [0.5, 0.6) is 0 Å². The van der Waals surface area contributed by atoms with Crippen LogP contribution < -0.4 is 4.90 Å². The second-order valence-corrected chi connectivity index (χ2v) is 5.28. The third-order valence-corrected chi connectivity index (χ3v) is 3.42. The zero-order valence-electron chi connectivity index (χ0n) is 13.2. The molecule has 0 saturated carbocycles. The molecule has 5 nitrogen and oxygen atoms in total. The highest BCUT2D eigenvalue weighted by molar-refractivity contribution is 6.01. The molecule has 0 aliphatic rings. The van der Waals surface area contributed by atoms with E-state index < -0.39 is 5.97 Å². The number of carboxylic acid groups (broad SMARTS) is 1. The van der Waals surface area contributed by atoms with Crippen LogP contribution >= 0.6 is 0 Å². The summed E-state index contributed by atoms with van der Waals surface area (Å²) in [5.41, 5.74) is 2.42. The van der Waals surface area contributed by atoms with Gasteiger partial charge in [0.15, 0.2) is 0 Å². The van der Waals surface area contributed by atoms with Crippen molar-refractivity contribution in [2.24, 2.45) is 0 Å². The first-order valence-corrected chi connectivity index (χ1v) is 6.66. The first kappa shape index (κ1) is 16.8. The van der Waals surface area contributed by atoms with Crippen LogP contribution in [0, 0.1) is 0 Å². The van der Waals surface area contributed by atoms with Gasteiger partial charge in [-0.05, 0) is 31.5 Å². The molecule has 5 heteroatoms. The van der Waals surface area contributed by atoms with E-state index in [4.69, 9.17) is 5.11 Å². The number of likely N-dealkylation sites (N-methyl/N-ethyl adjacent to an activating group) is 1. The number of carbonyl (C=O) groups excluding carboxylic acids is 1. The molecule has 0 saturated heterocycles. The molecule has 0 spiro atoms. The Bertz CT molecular complexity index is 559. The average Bonchev–Trinajstić information content (AvgIpc) is 2.45. The Hall–Kier alpha value is -2.30. The van der Waals surface area contributed by atoms with Crippen molar-refractivity contribution in [3.63, 3.8) is 0 Å². The van der Waals surface area contributed by atoms with Crippen molar-refractivity contribution < 1.29 is 14.7 Å². The molecule has 1 amide bonds. The summed E-state index contributed by atoms with van der Waals surface area (Å²) in [5, 5.41) is 8.92. The largest absolute Gasteiger partial charge is 0.478 e. The van der Waals surface area contributed by atoms with Gasteiger partial charge in [-0.2, -0.15) is 0 Å². The van der Waals surface area contributed by atoms with Gasteiger partial charge in [0, 0.05) is 44.5 Å². The first-order valence-electron chi connectivity index (χ1n) is 6.66. The second-order valence-electron chi connectivity index (χ2n) is 5.28. The molecule has 0 aliphatic carbocycles. The lowest BCUT2D eigenvalue weighted by Gasteiger charge is -2.19. The van der Waals surface area contributed by atoms with E-state index in [-0.39, 0.29) is 17.1 Å². The Balaban J connectivity index is 2.81. The standard InChI is InChI=1S/C16H22N2O3/c1-11(12(2)16(20)21)15(19)18(5)10-13-6-8-14(9-7-13)17(3)4/h6-9H,10H2,1-5H3,(H,20,21). The minimum absolute atomic E-state index is 0.0785. The molecular weight excluding hydrogens is 268 g/mol. The highest BCUT2D eigenvalue weighted by Gasteiger charge is 2.16. The fourth-order valence-electron chi connectivity index (χ4n) is 1.85. The minimum Gasteiger partial charge on any atom is -0.478 e. The summed E-state index contributed by atoms with van der Waals surface area (Å²) in [7, 11) is 5.60. The van der Waals surface area contributed by atoms with E-state index in [0.29, 0.717) is 6.54 Å². The van der Waals surface area contributed by atoms with Crippen LogP contribution in [0.2, 0.25) is 0 Å². The number of carboxylic acids is 1. The van der Waals surface area contributed by atoms with Gasteiger partial charge in [-0.3, -0.25) is 4.79 Å². The van der Waals surface area contributed by atoms with E-state index in [9.17, 15) is 9.59 Å². The highest BCUT2D eigenvalue weighted by Crippen LogP contribution is 2.15. The van der Waals surface area contributed by atoms with Gasteiger partial charge in [0.1, 0.15) is 0 Å². The third-order valence-electron chi connectivity index (χ3n) is 3.42. The lowest BCUT2D eigenvalue weighted by atomic mass is 10.1. The quantitative estimate of drug-likeness (QED) is 0.844. The summed E-state index contributed by atoms with van der Waals surface area (Å²) < 4.78 is 0. The van der Waals surface area contributed by atoms with Gasteiger partial charge in [0.05, 0.1) is 0 Å². The molecule has 1 rings (SSSR count). The lowest BCUT2D eigenvalue weighted by Crippen LogP contribution is -2.28. The van der Waals surface area contributed by atoms with E-state index >= 15 is 0 Å². The van der Waals surface area contributed by atoms with Crippen molar-refractivity contribution in [2.45, 2.75) is 20.4 Å². The van der Waals surface area contributed by atoms with Crippen LogP contribution in [0.4, 0.5) is 5.69 Å². The number of carbonyl (C=O) groups is 2. The summed E-state index contributed by atoms with van der Waals surface area (Å²) in [5.74, 6) is -1.34. The van der Waals surface area contributed by atoms with Gasteiger partial charge >= 0.3 is 5.97 Å². The highest BCUT2D eigenvalue weighted by atomic mass is 16.4. The van der Waals surface area contributed by atoms with Crippen LogP contribution in [0.15, 0.2) is 35.4 Å². The summed E-state index contributed by atoms with van der Waals surface area (Å²) >= 11 is 0. The van der Waals surface area contributed by atoms with Crippen LogP contribution in [-0.2, 0) is 16.1 Å². The normalized spacial score (nSPS) is 11.7. The van der Waals surface area contributed by atoms with E-state index in [0.717, 1.165) is 11.3 Å². The molecule has 0 bridgehead atoms. The van der Waals surface area contributed by atoms with Gasteiger partial charge in [0.2, 0.25) is 5.91 Å². The summed E-state index contributed by atoms with van der Waals surface area (Å²) in [6.07, 6.45) is 0. The topological polar surface area (TPSA) is 60.9 Å². The number of benzene rings is 1. The Kier molecular flexibility index (Phi) is 5.52. The smallest absolute Gasteiger partial charge is 0.331 e. The minimum atomic E-state index is -1.07. The Morgan fingerprint density at radius 2 is 1.52 bits per heavy atom. The maximum Gasteiger partial charge on any atom is 0.331 e. The molecule has 1 aromatic rings. The van der Waals surface area contributed by atoms with E-state index in [1.165, 1.54) is 18.7 Å². The fraction of sp³-hybridized carbons (Fsp3) is 0.375. The molecule has 0 radical (unpaired) electrons. The van der Waals surface area contributed by atoms with Gasteiger partial charge in [-0.1, -0.05) is 12.1 Å². The van der Waals surface area contributed by atoms with Gasteiger partial charge in [-0.15, -0.1) is 0 Å². The van der Waals surface area contributed by atoms with Crippen molar-refractivity contribution in [3.05, 3.63) is 41.0 Å². The van der Waals surface area contributed by atoms with E-state index in [1.807, 2.05) is 43.3 Å². The van der Waals surface area contributed by atoms with Crippen LogP contribution in [0.3, 0.4) is 0 Å². The Labute approximate surface area is 125 Å². The van der Waals surface area contributed by atoms with Gasteiger partial charge < -0.3 is 14.9 Å². The number of aliphatic carboxylic acids is 1. The molecule has 0 unspecified atom stereocenters. The van der Waals surface area contributed by atoms with Gasteiger partial charge in [0.25, 0.3) is 0 Å². The lowest BCUT2D eigenvalue weighted by molar-refractivity contribution is -0.133. The number of rotatable bonds is 5. The predicted molar refractivity (Wildman–Crippen MR) is 83.3 cm³/mol. The molecule has 1 N–H and O–H groups in total. The number of hydrogen-bond donors (Lipinski definition) is 1. The number of nitrogens with zero attached hydrogens (tertiary/aromatic N) is 2. The number of hydrogen-bond acceptors (Lipinski definition) is 3. The van der Waals surface area contributed by atoms with Crippen molar-refractivity contribution >= 4 is 17.6 Å². The van der Waals surface area contributed by atoms with Crippen molar-refractivity contribution in [1.29, 1.82) is 0 Å². The Morgan fingerprint density at radius 1 is 1.00 bits per heavy atom. The molecular formula is C16H22N2O3. The predicted octanol–water partition coefficient (Wildman–Crippen LogP) is 2.13. The van der Waals surface area contributed by atoms with E-state index in [1.54, 1.807) is 7.05 Å². The summed E-state index contributed by atoms with van der Waals surface area (Å²) in [4.78, 5) is 26.6. The Morgan fingerprint density at radius 3 is 1.95 bits per heavy atom. The van der Waals surface area contributed by atoms with Gasteiger partial charge in [-0.25, -0.2) is 4.79 Å². The second kappa shape index (κ2) is 6.92. The van der Waals surface area contributed by atoms with Crippen LogP contribution in [0.1, 0.15) is 19.4 Å². The number of anilines is 1. The number of amides is 1. The molecule has 1 aromatic carbocycles. The van der Waals surface area contributed by atoms with E-state index in [2.05, 4.69) is 0 Å². The third kappa shape index (κ3) is 4.34. The summed E-state index contributed by atoms with van der Waals surface area (Å²) in [6.45, 7) is 3.42. The average molecular weight is 290 g/mol. The maximum absolute atomic E-state index is 12.2. The fourth-order valence-corrected chi connectivity index (χ4v) is 1.85. The van der Waals surface area contributed by atoms with Crippen LogP contribution in [0.25, 0.3) is 0 Å². The summed E-state index contributed by atoms with van der Waals surface area (Å²) in [6, 6.07) is 7.89. The SMILES string of the molecule is CC(C(=O)O)=C(C)C(=O)N(C)Cc1ccc(N(C)C)cc1. The van der Waals surface area contributed by atoms with Crippen molar-refractivity contribution in [3.8, 4) is 0 Å². The zero-order valence-corrected chi connectivity index (χ0v) is 13.2. The molecule has 0 aromatic heterocycles. The molecule has 0 fully saturated rings. The van der Waals surface area contributed by atoms with Crippen LogP contribution in [-0.4, -0.2) is 43.0 Å². The molecule has 21 heavy (non-hydrogen) atoms. The van der Waals surface area contributed by atoms with Crippen molar-refractivity contribution in [2.75, 3.05) is 26.0 Å².